The number of aromatic nitrogens is 3. The average Bonchev–Trinajstić information content (AvgIpc) is 3.25. The fourth-order valence-electron chi connectivity index (χ4n) is 2.41. The Hall–Kier alpha value is -2.70. The minimum absolute atomic E-state index is 0.0505. The van der Waals surface area contributed by atoms with Crippen LogP contribution in [0.15, 0.2) is 36.5 Å². The summed E-state index contributed by atoms with van der Waals surface area (Å²) in [5.74, 6) is 0.0838. The van der Waals surface area contributed by atoms with Gasteiger partial charge < -0.3 is 10.6 Å². The van der Waals surface area contributed by atoms with Gasteiger partial charge in [0.1, 0.15) is 11.6 Å². The van der Waals surface area contributed by atoms with Crippen LogP contribution < -0.4 is 10.6 Å². The summed E-state index contributed by atoms with van der Waals surface area (Å²) in [5, 5.41) is 10.4. The quantitative estimate of drug-likeness (QED) is 0.756. The molecule has 1 fully saturated rings. The van der Waals surface area contributed by atoms with Gasteiger partial charge in [-0.1, -0.05) is 6.07 Å². The van der Waals surface area contributed by atoms with E-state index >= 15 is 0 Å². The Morgan fingerprint density at radius 1 is 1.22 bits per heavy atom. The van der Waals surface area contributed by atoms with Crippen LogP contribution in [0.4, 0.5) is 26.1 Å². The third kappa shape index (κ3) is 2.81. The molecule has 7 heteroatoms. The fourth-order valence-corrected chi connectivity index (χ4v) is 2.41. The molecular weight excluding hydrogens is 300 g/mol. The Balaban J connectivity index is 1.67. The van der Waals surface area contributed by atoms with E-state index in [0.29, 0.717) is 17.4 Å². The molecule has 0 aliphatic heterocycles. The maximum Gasteiger partial charge on any atom is 0.182 e. The molecule has 1 saturated carbocycles. The van der Waals surface area contributed by atoms with Crippen molar-refractivity contribution in [1.29, 1.82) is 0 Å². The molecule has 0 radical (unpaired) electrons. The van der Waals surface area contributed by atoms with Crippen LogP contribution in [0.5, 0.6) is 0 Å². The van der Waals surface area contributed by atoms with Crippen molar-refractivity contribution in [2.75, 3.05) is 17.2 Å². The number of hydrogen-bond acceptors (Lipinski definition) is 4. The number of benzene rings is 1. The monoisotopic (exact) mass is 315 g/mol. The third-order valence-electron chi connectivity index (χ3n) is 3.84. The van der Waals surface area contributed by atoms with Gasteiger partial charge in [0.25, 0.3) is 0 Å². The predicted molar refractivity (Wildman–Crippen MR) is 83.8 cm³/mol. The lowest BCUT2D eigenvalue weighted by molar-refractivity contribution is 0.511. The molecule has 1 aromatic carbocycles. The Bertz CT molecular complexity index is 857. The summed E-state index contributed by atoms with van der Waals surface area (Å²) < 4.78 is 28.8. The van der Waals surface area contributed by atoms with Crippen molar-refractivity contribution in [3.63, 3.8) is 0 Å². The lowest BCUT2D eigenvalue weighted by Crippen LogP contribution is -2.10. The zero-order valence-corrected chi connectivity index (χ0v) is 12.3. The number of nitrogens with zero attached hydrogens (tertiary/aromatic N) is 3. The van der Waals surface area contributed by atoms with Gasteiger partial charge in [0.15, 0.2) is 17.3 Å². The van der Waals surface area contributed by atoms with Crippen LogP contribution in [0.3, 0.4) is 0 Å². The summed E-state index contributed by atoms with van der Waals surface area (Å²) in [6.45, 7) is 0.868. The molecule has 23 heavy (non-hydrogen) atoms. The first-order valence-corrected chi connectivity index (χ1v) is 7.50. The Morgan fingerprint density at radius 2 is 2.09 bits per heavy atom. The highest BCUT2D eigenvalue weighted by Crippen LogP contribution is 2.29. The van der Waals surface area contributed by atoms with Gasteiger partial charge >= 0.3 is 0 Å². The van der Waals surface area contributed by atoms with E-state index in [1.165, 1.54) is 25.0 Å². The Morgan fingerprint density at radius 3 is 2.91 bits per heavy atom. The topological polar surface area (TPSA) is 54.2 Å². The van der Waals surface area contributed by atoms with Gasteiger partial charge in [-0.2, -0.15) is 9.61 Å². The maximum atomic E-state index is 13.8. The minimum Gasteiger partial charge on any atom is -0.370 e. The van der Waals surface area contributed by atoms with E-state index in [9.17, 15) is 8.78 Å². The summed E-state index contributed by atoms with van der Waals surface area (Å²) in [5.41, 5.74) is 0.680. The highest BCUT2D eigenvalue weighted by molar-refractivity contribution is 5.63. The third-order valence-corrected chi connectivity index (χ3v) is 3.84. The number of anilines is 3. The van der Waals surface area contributed by atoms with Crippen LogP contribution in [0, 0.1) is 17.6 Å². The van der Waals surface area contributed by atoms with Crippen LogP contribution in [-0.2, 0) is 0 Å². The number of hydrogen-bond donors (Lipinski definition) is 2. The van der Waals surface area contributed by atoms with E-state index in [0.717, 1.165) is 18.4 Å². The molecule has 0 spiro atoms. The number of halogens is 2. The summed E-state index contributed by atoms with van der Waals surface area (Å²) in [4.78, 5) is 4.36. The molecule has 0 unspecified atom stereocenters. The van der Waals surface area contributed by atoms with Gasteiger partial charge in [0.2, 0.25) is 0 Å². The first-order valence-electron chi connectivity index (χ1n) is 7.50. The average molecular weight is 315 g/mol. The zero-order chi connectivity index (χ0) is 15.8. The fraction of sp³-hybridized carbons (Fsp3) is 0.250. The van der Waals surface area contributed by atoms with Gasteiger partial charge in [-0.15, -0.1) is 0 Å². The second-order valence-corrected chi connectivity index (χ2v) is 5.68. The molecule has 5 nitrogen and oxygen atoms in total. The number of nitrogens with one attached hydrogen (secondary N) is 2. The SMILES string of the molecule is Fc1cccc(Nc2cc(NCC3CC3)n3nccc3n2)c1F. The van der Waals surface area contributed by atoms with Gasteiger partial charge in [-0.25, -0.2) is 13.8 Å². The first kappa shape index (κ1) is 13.9. The van der Waals surface area contributed by atoms with Gasteiger partial charge in [0.05, 0.1) is 11.9 Å². The molecule has 3 aromatic rings. The van der Waals surface area contributed by atoms with Crippen molar-refractivity contribution in [1.82, 2.24) is 14.6 Å². The molecule has 1 aliphatic carbocycles. The Labute approximate surface area is 131 Å². The smallest absolute Gasteiger partial charge is 0.182 e. The molecule has 2 aromatic heterocycles. The van der Waals surface area contributed by atoms with E-state index in [2.05, 4.69) is 20.7 Å². The molecule has 0 bridgehead atoms. The van der Waals surface area contributed by atoms with Crippen molar-refractivity contribution in [3.05, 3.63) is 48.2 Å². The van der Waals surface area contributed by atoms with Crippen LogP contribution in [-0.4, -0.2) is 21.1 Å². The highest BCUT2D eigenvalue weighted by atomic mass is 19.2. The molecule has 0 saturated heterocycles. The lowest BCUT2D eigenvalue weighted by atomic mass is 10.3. The summed E-state index contributed by atoms with van der Waals surface area (Å²) in [7, 11) is 0. The van der Waals surface area contributed by atoms with Crippen molar-refractivity contribution < 1.29 is 8.78 Å². The first-order chi connectivity index (χ1) is 11.2. The van der Waals surface area contributed by atoms with Crippen LogP contribution >= 0.6 is 0 Å². The Kier molecular flexibility index (Phi) is 3.33. The molecule has 0 amide bonds. The largest absolute Gasteiger partial charge is 0.370 e. The lowest BCUT2D eigenvalue weighted by Gasteiger charge is -2.12. The second kappa shape index (κ2) is 5.49. The van der Waals surface area contributed by atoms with Crippen molar-refractivity contribution in [2.24, 2.45) is 5.92 Å². The zero-order valence-electron chi connectivity index (χ0n) is 12.3. The molecular formula is C16H15F2N5. The predicted octanol–water partition coefficient (Wildman–Crippen LogP) is 3.57. The standard InChI is InChI=1S/C16H15F2N5/c17-11-2-1-3-12(16(11)18)21-13-8-15(19-9-10-4-5-10)23-14(22-13)6-7-20-23/h1-3,6-8,10,19H,4-5,9H2,(H,21,22). The normalized spacial score (nSPS) is 14.2. The molecule has 118 valence electrons. The number of fused-ring (bicyclic) bond motifs is 1. The second-order valence-electron chi connectivity index (χ2n) is 5.68. The van der Waals surface area contributed by atoms with Crippen molar-refractivity contribution in [3.8, 4) is 0 Å². The summed E-state index contributed by atoms with van der Waals surface area (Å²) >= 11 is 0. The van der Waals surface area contributed by atoms with E-state index in [1.54, 1.807) is 22.8 Å². The van der Waals surface area contributed by atoms with Crippen LogP contribution in [0.2, 0.25) is 0 Å². The van der Waals surface area contributed by atoms with Crippen LogP contribution in [0.25, 0.3) is 5.65 Å². The summed E-state index contributed by atoms with van der Waals surface area (Å²) in [6.07, 6.45) is 4.12. The van der Waals surface area contributed by atoms with Gasteiger partial charge in [-0.05, 0) is 30.9 Å². The van der Waals surface area contributed by atoms with Gasteiger partial charge in [-0.3, -0.25) is 0 Å². The van der Waals surface area contributed by atoms with Crippen molar-refractivity contribution >= 4 is 23.0 Å². The molecule has 2 heterocycles. The highest BCUT2D eigenvalue weighted by Gasteiger charge is 2.21. The van der Waals surface area contributed by atoms with E-state index in [1.807, 2.05) is 0 Å². The number of rotatable bonds is 5. The van der Waals surface area contributed by atoms with Crippen molar-refractivity contribution in [2.45, 2.75) is 12.8 Å². The van der Waals surface area contributed by atoms with E-state index in [-0.39, 0.29) is 5.69 Å². The van der Waals surface area contributed by atoms with E-state index in [4.69, 9.17) is 0 Å². The molecule has 0 atom stereocenters. The molecule has 2 N–H and O–H groups in total. The van der Waals surface area contributed by atoms with Crippen LogP contribution in [0.1, 0.15) is 12.8 Å². The van der Waals surface area contributed by atoms with E-state index < -0.39 is 11.6 Å². The molecule has 4 rings (SSSR count). The van der Waals surface area contributed by atoms with Gasteiger partial charge in [0, 0.05) is 18.7 Å². The minimum atomic E-state index is -0.921. The summed E-state index contributed by atoms with van der Waals surface area (Å²) in [6, 6.07) is 7.50. The molecule has 1 aliphatic rings. The maximum absolute atomic E-state index is 13.8.